The number of aliphatic hydroxyl groups excluding tert-OH is 1. The van der Waals surface area contributed by atoms with Gasteiger partial charge in [-0.05, 0) is 31.0 Å². The van der Waals surface area contributed by atoms with Crippen molar-refractivity contribution < 1.29 is 9.50 Å². The highest BCUT2D eigenvalue weighted by atomic mass is 19.1. The summed E-state index contributed by atoms with van der Waals surface area (Å²) >= 11 is 0. The summed E-state index contributed by atoms with van der Waals surface area (Å²) in [4.78, 5) is 0. The molecule has 2 nitrogen and oxygen atoms in total. The van der Waals surface area contributed by atoms with Gasteiger partial charge in [0.15, 0.2) is 0 Å². The predicted octanol–water partition coefficient (Wildman–Crippen LogP) is 1.15. The molecule has 0 bridgehead atoms. The lowest BCUT2D eigenvalue weighted by atomic mass is 10.4. The molecule has 2 atom stereocenters. The highest BCUT2D eigenvalue weighted by Crippen LogP contribution is 2.27. The van der Waals surface area contributed by atoms with Gasteiger partial charge in [-0.15, -0.1) is 0 Å². The summed E-state index contributed by atoms with van der Waals surface area (Å²) in [6, 6.07) is 7.94. The molecule has 1 fully saturated rings. The van der Waals surface area contributed by atoms with Crippen molar-refractivity contribution in [3.8, 4) is 0 Å². The van der Waals surface area contributed by atoms with E-state index in [4.69, 9.17) is 10.8 Å². The average Bonchev–Trinajstić information content (AvgIpc) is 2.84. The topological polar surface area (TPSA) is 46.2 Å². The lowest BCUT2D eigenvalue weighted by Crippen LogP contribution is -2.03. The second kappa shape index (κ2) is 4.94. The van der Waals surface area contributed by atoms with E-state index in [9.17, 15) is 4.39 Å². The van der Waals surface area contributed by atoms with Gasteiger partial charge in [-0.2, -0.15) is 0 Å². The first-order valence-electron chi connectivity index (χ1n) is 4.32. The molecule has 1 saturated carbocycles. The molecule has 72 valence electrons. The first-order chi connectivity index (χ1) is 6.24. The Morgan fingerprint density at radius 2 is 1.92 bits per heavy atom. The largest absolute Gasteiger partial charge is 0.393 e. The fraction of sp³-hybridized carbons (Fsp3) is 0.400. The van der Waals surface area contributed by atoms with E-state index in [0.29, 0.717) is 12.5 Å². The van der Waals surface area contributed by atoms with Crippen molar-refractivity contribution in [2.24, 2.45) is 11.7 Å². The molecule has 0 amide bonds. The molecule has 0 aliphatic heterocycles. The van der Waals surface area contributed by atoms with Crippen molar-refractivity contribution in [2.45, 2.75) is 12.5 Å². The molecule has 0 heterocycles. The van der Waals surface area contributed by atoms with Crippen molar-refractivity contribution in [2.75, 3.05) is 6.54 Å². The Balaban J connectivity index is 0.000000132. The van der Waals surface area contributed by atoms with E-state index in [0.717, 1.165) is 6.42 Å². The first kappa shape index (κ1) is 10.2. The number of rotatable bonds is 1. The smallest absolute Gasteiger partial charge is 0.123 e. The number of nitrogens with two attached hydrogens (primary N) is 1. The van der Waals surface area contributed by atoms with Gasteiger partial charge >= 0.3 is 0 Å². The molecule has 0 saturated heterocycles. The van der Waals surface area contributed by atoms with E-state index in [2.05, 4.69) is 0 Å². The molecule has 0 spiro atoms. The third-order valence-electron chi connectivity index (χ3n) is 1.92. The Morgan fingerprint density at radius 3 is 2.08 bits per heavy atom. The summed E-state index contributed by atoms with van der Waals surface area (Å²) in [6.07, 6.45) is 0.867. The molecule has 2 rings (SSSR count). The highest BCUT2D eigenvalue weighted by molar-refractivity contribution is 5.02. The monoisotopic (exact) mass is 183 g/mol. The number of hydrogen-bond donors (Lipinski definition) is 2. The van der Waals surface area contributed by atoms with E-state index < -0.39 is 0 Å². The summed E-state index contributed by atoms with van der Waals surface area (Å²) in [6.45, 7) is 0.654. The van der Waals surface area contributed by atoms with Crippen LogP contribution in [0.5, 0.6) is 0 Å². The summed E-state index contributed by atoms with van der Waals surface area (Å²) in [5.74, 6) is 0.257. The van der Waals surface area contributed by atoms with Crippen molar-refractivity contribution in [1.29, 1.82) is 0 Å². The van der Waals surface area contributed by atoms with Crippen LogP contribution < -0.4 is 5.73 Å². The van der Waals surface area contributed by atoms with Crippen LogP contribution in [0.25, 0.3) is 0 Å². The van der Waals surface area contributed by atoms with Crippen LogP contribution in [0.1, 0.15) is 6.42 Å². The molecule has 1 aliphatic rings. The second-order valence-corrected chi connectivity index (χ2v) is 3.09. The molecule has 1 aliphatic carbocycles. The predicted molar refractivity (Wildman–Crippen MR) is 49.6 cm³/mol. The van der Waals surface area contributed by atoms with Crippen molar-refractivity contribution in [1.82, 2.24) is 0 Å². The number of halogens is 1. The van der Waals surface area contributed by atoms with Crippen LogP contribution >= 0.6 is 0 Å². The third kappa shape index (κ3) is 4.01. The Hall–Kier alpha value is -0.930. The Bertz CT molecular complexity index is 238. The Kier molecular flexibility index (Phi) is 3.86. The quantitative estimate of drug-likeness (QED) is 0.686. The van der Waals surface area contributed by atoms with Gasteiger partial charge in [0.2, 0.25) is 0 Å². The molecule has 0 aromatic heterocycles. The minimum atomic E-state index is -0.178. The zero-order valence-corrected chi connectivity index (χ0v) is 7.36. The SMILES string of the molecule is Fc1ccccc1.NCC1CC1O. The third-order valence-corrected chi connectivity index (χ3v) is 1.92. The Morgan fingerprint density at radius 1 is 1.38 bits per heavy atom. The van der Waals surface area contributed by atoms with Crippen molar-refractivity contribution in [3.63, 3.8) is 0 Å². The highest BCUT2D eigenvalue weighted by Gasteiger charge is 2.33. The number of aliphatic hydroxyl groups is 1. The molecule has 1 aromatic rings. The van der Waals surface area contributed by atoms with E-state index in [1.54, 1.807) is 18.2 Å². The van der Waals surface area contributed by atoms with Crippen LogP contribution in [-0.2, 0) is 0 Å². The van der Waals surface area contributed by atoms with Crippen molar-refractivity contribution in [3.05, 3.63) is 36.1 Å². The Labute approximate surface area is 77.2 Å². The number of hydrogen-bond acceptors (Lipinski definition) is 2. The normalized spacial score (nSPS) is 24.5. The van der Waals surface area contributed by atoms with Gasteiger partial charge in [0.1, 0.15) is 5.82 Å². The fourth-order valence-corrected chi connectivity index (χ4v) is 0.900. The second-order valence-electron chi connectivity index (χ2n) is 3.09. The zero-order valence-electron chi connectivity index (χ0n) is 7.36. The van der Waals surface area contributed by atoms with E-state index in [-0.39, 0.29) is 11.9 Å². The standard InChI is InChI=1S/C6H5F.C4H9NO/c7-6-4-2-1-3-5-6;5-2-3-1-4(3)6/h1-5H;3-4,6H,1-2,5H2. The fourth-order valence-electron chi connectivity index (χ4n) is 0.900. The van der Waals surface area contributed by atoms with E-state index >= 15 is 0 Å². The maximum absolute atomic E-state index is 11.9. The molecule has 0 radical (unpaired) electrons. The molecule has 13 heavy (non-hydrogen) atoms. The number of benzene rings is 1. The van der Waals surface area contributed by atoms with Gasteiger partial charge in [-0.1, -0.05) is 18.2 Å². The van der Waals surface area contributed by atoms with Crippen molar-refractivity contribution >= 4 is 0 Å². The summed E-state index contributed by atoms with van der Waals surface area (Å²) in [5, 5.41) is 8.55. The average molecular weight is 183 g/mol. The van der Waals surface area contributed by atoms with Gasteiger partial charge in [0.05, 0.1) is 6.10 Å². The molecule has 2 unspecified atom stereocenters. The molecular weight excluding hydrogens is 169 g/mol. The van der Waals surface area contributed by atoms with Crippen LogP contribution in [0.2, 0.25) is 0 Å². The summed E-state index contributed by atoms with van der Waals surface area (Å²) in [7, 11) is 0. The summed E-state index contributed by atoms with van der Waals surface area (Å²) < 4.78 is 11.9. The van der Waals surface area contributed by atoms with Crippen LogP contribution in [-0.4, -0.2) is 17.8 Å². The maximum atomic E-state index is 11.9. The maximum Gasteiger partial charge on any atom is 0.123 e. The van der Waals surface area contributed by atoms with Crippen LogP contribution in [0.15, 0.2) is 30.3 Å². The van der Waals surface area contributed by atoms with Crippen LogP contribution in [0.4, 0.5) is 4.39 Å². The van der Waals surface area contributed by atoms with Crippen LogP contribution in [0.3, 0.4) is 0 Å². The lowest BCUT2D eigenvalue weighted by Gasteiger charge is -1.79. The van der Waals surface area contributed by atoms with E-state index in [1.165, 1.54) is 12.1 Å². The lowest BCUT2D eigenvalue weighted by molar-refractivity contribution is 0.261. The van der Waals surface area contributed by atoms with Gasteiger partial charge in [-0.25, -0.2) is 4.39 Å². The van der Waals surface area contributed by atoms with Gasteiger partial charge < -0.3 is 10.8 Å². The zero-order chi connectivity index (χ0) is 9.68. The van der Waals surface area contributed by atoms with Crippen LogP contribution in [0, 0.1) is 11.7 Å². The van der Waals surface area contributed by atoms with Gasteiger partial charge in [-0.3, -0.25) is 0 Å². The molecular formula is C10H14FNO. The molecule has 3 heteroatoms. The van der Waals surface area contributed by atoms with E-state index in [1.807, 2.05) is 0 Å². The minimum Gasteiger partial charge on any atom is -0.393 e. The molecule has 1 aromatic carbocycles. The van der Waals surface area contributed by atoms with Gasteiger partial charge in [0, 0.05) is 0 Å². The molecule has 3 N–H and O–H groups in total. The van der Waals surface area contributed by atoms with Gasteiger partial charge in [0.25, 0.3) is 0 Å². The summed E-state index contributed by atoms with van der Waals surface area (Å²) in [5.41, 5.74) is 5.16. The first-order valence-corrected chi connectivity index (χ1v) is 4.32. The minimum absolute atomic E-state index is 0.0602.